The highest BCUT2D eigenvalue weighted by molar-refractivity contribution is 6.03. The molecule has 0 aliphatic carbocycles. The molecule has 1 aliphatic rings. The quantitative estimate of drug-likeness (QED) is 0.763. The Morgan fingerprint density at radius 1 is 1.22 bits per heavy atom. The van der Waals surface area contributed by atoms with Gasteiger partial charge in [-0.05, 0) is 57.0 Å². The van der Waals surface area contributed by atoms with Crippen LogP contribution < -0.4 is 9.47 Å². The molecule has 3 nitrogen and oxygen atoms in total. The maximum absolute atomic E-state index is 12.0. The molecule has 1 heterocycles. The molecule has 0 N–H and O–H groups in total. The molecule has 2 rings (SSSR count). The first kappa shape index (κ1) is 12.7. The Balaban J connectivity index is 2.64. The molecule has 3 heteroatoms. The maximum atomic E-state index is 12.0. The van der Waals surface area contributed by atoms with Crippen LogP contribution >= 0.6 is 0 Å². The van der Waals surface area contributed by atoms with Gasteiger partial charge in [-0.25, -0.2) is 0 Å². The number of hydrogen-bond acceptors (Lipinski definition) is 3. The van der Waals surface area contributed by atoms with Crippen LogP contribution in [0.3, 0.4) is 0 Å². The topological polar surface area (TPSA) is 35.5 Å². The third-order valence-corrected chi connectivity index (χ3v) is 3.23. The lowest BCUT2D eigenvalue weighted by molar-refractivity contribution is -0.126. The first-order chi connectivity index (χ1) is 8.35. The van der Waals surface area contributed by atoms with Crippen molar-refractivity contribution in [1.82, 2.24) is 0 Å². The molecule has 0 fully saturated rings. The van der Waals surface area contributed by atoms with Gasteiger partial charge in [0.05, 0.1) is 7.11 Å². The van der Waals surface area contributed by atoms with Gasteiger partial charge in [0.25, 0.3) is 0 Å². The normalized spacial score (nSPS) is 17.4. The van der Waals surface area contributed by atoms with Crippen molar-refractivity contribution in [1.29, 1.82) is 0 Å². The van der Waals surface area contributed by atoms with E-state index in [9.17, 15) is 4.79 Å². The van der Waals surface area contributed by atoms with Crippen LogP contribution in [0.1, 0.15) is 31.9 Å². The number of carbonyl (C=O) groups is 1. The van der Waals surface area contributed by atoms with Crippen LogP contribution in [0.15, 0.2) is 18.2 Å². The van der Waals surface area contributed by atoms with E-state index in [4.69, 9.17) is 9.47 Å². The van der Waals surface area contributed by atoms with E-state index >= 15 is 0 Å². The standard InChI is InChI=1S/C15H18O3/c1-9-7-14(16)15(3,4)18-13-6-10(2)12(17-5)8-11(9)13/h6-8H,1-5H3. The molecular weight excluding hydrogens is 228 g/mol. The van der Waals surface area contributed by atoms with Gasteiger partial charge in [0, 0.05) is 5.56 Å². The number of ether oxygens (including phenoxy) is 2. The summed E-state index contributed by atoms with van der Waals surface area (Å²) in [5.74, 6) is 1.52. The van der Waals surface area contributed by atoms with E-state index in [2.05, 4.69) is 0 Å². The molecule has 0 radical (unpaired) electrons. The zero-order chi connectivity index (χ0) is 13.5. The molecule has 0 atom stereocenters. The molecular formula is C15H18O3. The molecule has 96 valence electrons. The van der Waals surface area contributed by atoms with Crippen LogP contribution in [0.25, 0.3) is 5.57 Å². The molecule has 1 aromatic carbocycles. The van der Waals surface area contributed by atoms with Gasteiger partial charge in [-0.3, -0.25) is 4.79 Å². The zero-order valence-electron chi connectivity index (χ0n) is 11.5. The van der Waals surface area contributed by atoms with E-state index in [0.29, 0.717) is 0 Å². The monoisotopic (exact) mass is 246 g/mol. The number of fused-ring (bicyclic) bond motifs is 1. The van der Waals surface area contributed by atoms with Crippen LogP contribution in [0, 0.1) is 6.92 Å². The van der Waals surface area contributed by atoms with Gasteiger partial charge in [-0.2, -0.15) is 0 Å². The predicted octanol–water partition coefficient (Wildman–Crippen LogP) is 3.15. The third-order valence-electron chi connectivity index (χ3n) is 3.23. The SMILES string of the molecule is COc1cc2c(cc1C)OC(C)(C)C(=O)C=C2C. The van der Waals surface area contributed by atoms with Crippen LogP contribution in [0.4, 0.5) is 0 Å². The fourth-order valence-electron chi connectivity index (χ4n) is 2.05. The number of rotatable bonds is 1. The largest absolute Gasteiger partial charge is 0.496 e. The highest BCUT2D eigenvalue weighted by Crippen LogP contribution is 2.37. The number of ketones is 1. The van der Waals surface area contributed by atoms with Crippen LogP contribution in [-0.2, 0) is 4.79 Å². The second kappa shape index (κ2) is 4.16. The second-order valence-electron chi connectivity index (χ2n) is 5.12. The van der Waals surface area contributed by atoms with Crippen LogP contribution in [0.5, 0.6) is 11.5 Å². The van der Waals surface area contributed by atoms with Crippen molar-refractivity contribution < 1.29 is 14.3 Å². The smallest absolute Gasteiger partial charge is 0.198 e. The molecule has 0 unspecified atom stereocenters. The van der Waals surface area contributed by atoms with E-state index in [1.807, 2.05) is 26.0 Å². The highest BCUT2D eigenvalue weighted by atomic mass is 16.5. The number of hydrogen-bond donors (Lipinski definition) is 0. The number of carbonyl (C=O) groups excluding carboxylic acids is 1. The molecule has 0 saturated heterocycles. The summed E-state index contributed by atoms with van der Waals surface area (Å²) in [5, 5.41) is 0. The zero-order valence-corrected chi connectivity index (χ0v) is 11.5. The van der Waals surface area contributed by atoms with Crippen molar-refractivity contribution in [2.24, 2.45) is 0 Å². The molecule has 0 amide bonds. The van der Waals surface area contributed by atoms with Crippen molar-refractivity contribution in [2.45, 2.75) is 33.3 Å². The van der Waals surface area contributed by atoms with E-state index < -0.39 is 5.60 Å². The summed E-state index contributed by atoms with van der Waals surface area (Å²) in [7, 11) is 1.64. The lowest BCUT2D eigenvalue weighted by atomic mass is 10.0. The number of methoxy groups -OCH3 is 1. The average molecular weight is 246 g/mol. The van der Waals surface area contributed by atoms with E-state index in [1.54, 1.807) is 27.0 Å². The molecule has 0 bridgehead atoms. The lowest BCUT2D eigenvalue weighted by Gasteiger charge is -2.23. The summed E-state index contributed by atoms with van der Waals surface area (Å²) in [6.07, 6.45) is 1.64. The molecule has 18 heavy (non-hydrogen) atoms. The molecule has 0 saturated carbocycles. The molecule has 0 spiro atoms. The van der Waals surface area contributed by atoms with Gasteiger partial charge in [0.2, 0.25) is 0 Å². The van der Waals surface area contributed by atoms with Crippen molar-refractivity contribution in [3.05, 3.63) is 29.3 Å². The number of benzene rings is 1. The lowest BCUT2D eigenvalue weighted by Crippen LogP contribution is -2.36. The van der Waals surface area contributed by atoms with Crippen molar-refractivity contribution >= 4 is 11.4 Å². The van der Waals surface area contributed by atoms with E-state index in [-0.39, 0.29) is 5.78 Å². The van der Waals surface area contributed by atoms with Gasteiger partial charge in [-0.15, -0.1) is 0 Å². The summed E-state index contributed by atoms with van der Waals surface area (Å²) in [5.41, 5.74) is 1.98. The summed E-state index contributed by atoms with van der Waals surface area (Å²) in [6, 6.07) is 3.84. The second-order valence-corrected chi connectivity index (χ2v) is 5.12. The molecule has 0 aromatic heterocycles. The van der Waals surface area contributed by atoms with Gasteiger partial charge in [-0.1, -0.05) is 0 Å². The maximum Gasteiger partial charge on any atom is 0.198 e. The first-order valence-corrected chi connectivity index (χ1v) is 5.96. The minimum Gasteiger partial charge on any atom is -0.496 e. The van der Waals surface area contributed by atoms with Crippen molar-refractivity contribution in [3.8, 4) is 11.5 Å². The first-order valence-electron chi connectivity index (χ1n) is 5.96. The minimum absolute atomic E-state index is 0.0205. The van der Waals surface area contributed by atoms with Gasteiger partial charge in [0.15, 0.2) is 11.4 Å². The van der Waals surface area contributed by atoms with E-state index in [1.165, 1.54) is 0 Å². The Bertz CT molecular complexity index is 539. The Kier molecular flexibility index (Phi) is 2.93. The number of aryl methyl sites for hydroxylation is 1. The highest BCUT2D eigenvalue weighted by Gasteiger charge is 2.32. The third kappa shape index (κ3) is 2.01. The molecule has 1 aromatic rings. The Morgan fingerprint density at radius 2 is 1.89 bits per heavy atom. The average Bonchev–Trinajstić information content (AvgIpc) is 2.35. The van der Waals surface area contributed by atoms with Crippen molar-refractivity contribution in [2.75, 3.05) is 7.11 Å². The van der Waals surface area contributed by atoms with Gasteiger partial charge < -0.3 is 9.47 Å². The summed E-state index contributed by atoms with van der Waals surface area (Å²) < 4.78 is 11.2. The summed E-state index contributed by atoms with van der Waals surface area (Å²) in [4.78, 5) is 12.0. The Labute approximate surface area is 107 Å². The van der Waals surface area contributed by atoms with Crippen molar-refractivity contribution in [3.63, 3.8) is 0 Å². The summed E-state index contributed by atoms with van der Waals surface area (Å²) in [6.45, 7) is 7.44. The van der Waals surface area contributed by atoms with E-state index in [0.717, 1.165) is 28.2 Å². The predicted molar refractivity (Wildman–Crippen MR) is 71.1 cm³/mol. The number of allylic oxidation sites excluding steroid dienone is 1. The fourth-order valence-corrected chi connectivity index (χ4v) is 2.05. The minimum atomic E-state index is -0.826. The Hall–Kier alpha value is -1.77. The van der Waals surface area contributed by atoms with Gasteiger partial charge in [0.1, 0.15) is 11.5 Å². The Morgan fingerprint density at radius 3 is 2.50 bits per heavy atom. The summed E-state index contributed by atoms with van der Waals surface area (Å²) >= 11 is 0. The fraction of sp³-hybridized carbons (Fsp3) is 0.400. The van der Waals surface area contributed by atoms with Crippen LogP contribution in [0.2, 0.25) is 0 Å². The molecule has 1 aliphatic heterocycles. The van der Waals surface area contributed by atoms with Gasteiger partial charge >= 0.3 is 0 Å². The van der Waals surface area contributed by atoms with Crippen LogP contribution in [-0.4, -0.2) is 18.5 Å².